The number of hydrogen-bond acceptors (Lipinski definition) is 5. The predicted molar refractivity (Wildman–Crippen MR) is 112 cm³/mol. The number of carbonyl (C=O) groups is 2. The summed E-state index contributed by atoms with van der Waals surface area (Å²) in [4.78, 5) is 26.7. The van der Waals surface area contributed by atoms with Crippen molar-refractivity contribution in [2.75, 3.05) is 18.6 Å². The van der Waals surface area contributed by atoms with Crippen LogP contribution in [0.25, 0.3) is 6.08 Å². The molecule has 0 unspecified atom stereocenters. The molecule has 1 heterocycles. The van der Waals surface area contributed by atoms with E-state index in [0.29, 0.717) is 34.4 Å². The smallest absolute Gasteiger partial charge is 0.270 e. The number of amides is 2. The van der Waals surface area contributed by atoms with E-state index in [4.69, 9.17) is 33.3 Å². The monoisotopic (exact) mass is 416 g/mol. The summed E-state index contributed by atoms with van der Waals surface area (Å²) in [5, 5.41) is 2.93. The number of thiocarbonyl (C=S) groups is 1. The van der Waals surface area contributed by atoms with E-state index in [2.05, 4.69) is 5.32 Å². The van der Waals surface area contributed by atoms with Gasteiger partial charge in [-0.3, -0.25) is 19.8 Å². The zero-order valence-corrected chi connectivity index (χ0v) is 16.8. The van der Waals surface area contributed by atoms with Crippen molar-refractivity contribution in [3.8, 4) is 11.5 Å². The molecule has 0 spiro atoms. The molecule has 1 fully saturated rings. The second-order valence-electron chi connectivity index (χ2n) is 5.78. The maximum absolute atomic E-state index is 13.0. The van der Waals surface area contributed by atoms with E-state index in [1.807, 2.05) is 6.92 Å². The van der Waals surface area contributed by atoms with E-state index in [9.17, 15) is 9.59 Å². The molecule has 2 amide bonds. The number of benzene rings is 2. The number of anilines is 1. The van der Waals surface area contributed by atoms with Crippen LogP contribution < -0.4 is 19.7 Å². The van der Waals surface area contributed by atoms with Gasteiger partial charge in [-0.25, -0.2) is 0 Å². The van der Waals surface area contributed by atoms with E-state index >= 15 is 0 Å². The number of hydrogen-bond donors (Lipinski definition) is 1. The van der Waals surface area contributed by atoms with Crippen molar-refractivity contribution in [2.24, 2.45) is 0 Å². The highest BCUT2D eigenvalue weighted by Crippen LogP contribution is 2.28. The molecule has 6 nitrogen and oxygen atoms in total. The summed E-state index contributed by atoms with van der Waals surface area (Å²) in [6, 6.07) is 11.9. The fourth-order valence-electron chi connectivity index (χ4n) is 2.71. The van der Waals surface area contributed by atoms with Gasteiger partial charge in [0.25, 0.3) is 11.8 Å². The first-order valence-electron chi connectivity index (χ1n) is 8.42. The molecule has 0 atom stereocenters. The van der Waals surface area contributed by atoms with Gasteiger partial charge in [-0.1, -0.05) is 23.7 Å². The zero-order chi connectivity index (χ0) is 20.3. The molecule has 0 aromatic heterocycles. The number of halogens is 1. The molecule has 0 aliphatic carbocycles. The summed E-state index contributed by atoms with van der Waals surface area (Å²) in [6.45, 7) is 2.35. The van der Waals surface area contributed by atoms with Crippen molar-refractivity contribution in [2.45, 2.75) is 6.92 Å². The Morgan fingerprint density at radius 3 is 2.68 bits per heavy atom. The van der Waals surface area contributed by atoms with Crippen LogP contribution in [0.1, 0.15) is 12.5 Å². The lowest BCUT2D eigenvalue weighted by Gasteiger charge is -2.29. The van der Waals surface area contributed by atoms with Crippen molar-refractivity contribution >= 4 is 52.5 Å². The number of rotatable bonds is 5. The third-order valence-corrected chi connectivity index (χ3v) is 4.56. The van der Waals surface area contributed by atoms with Crippen LogP contribution >= 0.6 is 23.8 Å². The molecule has 1 N–H and O–H groups in total. The minimum atomic E-state index is -0.570. The fraction of sp³-hybridized carbons (Fsp3) is 0.150. The first-order chi connectivity index (χ1) is 13.4. The largest absolute Gasteiger partial charge is 0.495 e. The maximum Gasteiger partial charge on any atom is 0.270 e. The average Bonchev–Trinajstić information content (AvgIpc) is 2.66. The molecule has 144 valence electrons. The van der Waals surface area contributed by atoms with Gasteiger partial charge in [0, 0.05) is 6.07 Å². The SMILES string of the molecule is CCOc1cccc(N2C(=O)/C(=C\c3ccc(OC)c(Cl)c3)C(=O)NC2=S)c1. The standard InChI is InChI=1S/C20H17ClN2O4S/c1-3-27-14-6-4-5-13(11-14)23-19(25)15(18(24)22-20(23)28)9-12-7-8-17(26-2)16(21)10-12/h4-11H,3H2,1-2H3,(H,22,24,28)/b15-9-. The Morgan fingerprint density at radius 1 is 1.21 bits per heavy atom. The minimum Gasteiger partial charge on any atom is -0.495 e. The summed E-state index contributed by atoms with van der Waals surface area (Å²) in [5.74, 6) is -0.00718. The van der Waals surface area contributed by atoms with E-state index in [0.717, 1.165) is 0 Å². The van der Waals surface area contributed by atoms with Crippen LogP contribution in [0.3, 0.4) is 0 Å². The van der Waals surface area contributed by atoms with Crippen LogP contribution in [-0.4, -0.2) is 30.6 Å². The molecule has 1 aliphatic heterocycles. The molecular weight excluding hydrogens is 400 g/mol. The lowest BCUT2D eigenvalue weighted by Crippen LogP contribution is -2.54. The topological polar surface area (TPSA) is 67.9 Å². The predicted octanol–water partition coefficient (Wildman–Crippen LogP) is 3.58. The molecule has 1 saturated heterocycles. The zero-order valence-electron chi connectivity index (χ0n) is 15.2. The van der Waals surface area contributed by atoms with Crippen molar-refractivity contribution in [1.82, 2.24) is 5.32 Å². The molecule has 8 heteroatoms. The molecule has 28 heavy (non-hydrogen) atoms. The van der Waals surface area contributed by atoms with Crippen LogP contribution in [0.2, 0.25) is 5.02 Å². The van der Waals surface area contributed by atoms with Crippen molar-refractivity contribution in [3.63, 3.8) is 0 Å². The highest BCUT2D eigenvalue weighted by atomic mass is 35.5. The Labute approximate surface area is 172 Å². The van der Waals surface area contributed by atoms with Gasteiger partial charge in [-0.15, -0.1) is 0 Å². The summed E-state index contributed by atoms with van der Waals surface area (Å²) in [7, 11) is 1.51. The lowest BCUT2D eigenvalue weighted by molar-refractivity contribution is -0.122. The van der Waals surface area contributed by atoms with E-state index < -0.39 is 11.8 Å². The molecule has 3 rings (SSSR count). The number of ether oxygens (including phenoxy) is 2. The second-order valence-corrected chi connectivity index (χ2v) is 6.58. The molecule has 2 aromatic rings. The van der Waals surface area contributed by atoms with Gasteiger partial charge in [0.15, 0.2) is 5.11 Å². The molecule has 0 radical (unpaired) electrons. The van der Waals surface area contributed by atoms with E-state index in [-0.39, 0.29) is 10.7 Å². The first kappa shape index (κ1) is 19.9. The van der Waals surface area contributed by atoms with E-state index in [1.165, 1.54) is 18.1 Å². The Morgan fingerprint density at radius 2 is 2.00 bits per heavy atom. The van der Waals surface area contributed by atoms with Crippen LogP contribution in [0.15, 0.2) is 48.0 Å². The van der Waals surface area contributed by atoms with Gasteiger partial charge in [0.05, 0.1) is 24.4 Å². The quantitative estimate of drug-likeness (QED) is 0.458. The van der Waals surface area contributed by atoms with Crippen LogP contribution in [0.5, 0.6) is 11.5 Å². The highest BCUT2D eigenvalue weighted by Gasteiger charge is 2.34. The summed E-state index contributed by atoms with van der Waals surface area (Å²) in [6.07, 6.45) is 1.46. The van der Waals surface area contributed by atoms with Crippen molar-refractivity contribution < 1.29 is 19.1 Å². The van der Waals surface area contributed by atoms with Crippen LogP contribution in [0, 0.1) is 0 Å². The third kappa shape index (κ3) is 4.00. The number of nitrogens with zero attached hydrogens (tertiary/aromatic N) is 1. The Bertz CT molecular complexity index is 990. The van der Waals surface area contributed by atoms with Gasteiger partial charge in [0.1, 0.15) is 17.1 Å². The molecule has 0 saturated carbocycles. The van der Waals surface area contributed by atoms with Gasteiger partial charge in [-0.2, -0.15) is 0 Å². The highest BCUT2D eigenvalue weighted by molar-refractivity contribution is 7.80. The van der Waals surface area contributed by atoms with Gasteiger partial charge < -0.3 is 9.47 Å². The Hall–Kier alpha value is -2.90. The lowest BCUT2D eigenvalue weighted by atomic mass is 10.1. The number of methoxy groups -OCH3 is 1. The van der Waals surface area contributed by atoms with Crippen molar-refractivity contribution in [3.05, 3.63) is 58.6 Å². The van der Waals surface area contributed by atoms with Crippen LogP contribution in [0.4, 0.5) is 5.69 Å². The van der Waals surface area contributed by atoms with Gasteiger partial charge >= 0.3 is 0 Å². The fourth-order valence-corrected chi connectivity index (χ4v) is 3.26. The summed E-state index contributed by atoms with van der Waals surface area (Å²) < 4.78 is 10.6. The minimum absolute atomic E-state index is 0.00793. The van der Waals surface area contributed by atoms with Crippen molar-refractivity contribution in [1.29, 1.82) is 0 Å². The van der Waals surface area contributed by atoms with Gasteiger partial charge in [0.2, 0.25) is 0 Å². The molecule has 0 bridgehead atoms. The third-order valence-electron chi connectivity index (χ3n) is 3.98. The molecule has 2 aromatic carbocycles. The van der Waals surface area contributed by atoms with E-state index in [1.54, 1.807) is 42.5 Å². The van der Waals surface area contributed by atoms with Gasteiger partial charge in [-0.05, 0) is 55.0 Å². The Kier molecular flexibility index (Phi) is 5.96. The Balaban J connectivity index is 1.98. The molecular formula is C20H17ClN2O4S. The maximum atomic E-state index is 13.0. The second kappa shape index (κ2) is 8.41. The number of nitrogens with one attached hydrogen (secondary N) is 1. The average molecular weight is 417 g/mol. The summed E-state index contributed by atoms with van der Waals surface area (Å²) >= 11 is 11.3. The van der Waals surface area contributed by atoms with Crippen LogP contribution in [-0.2, 0) is 9.59 Å². The molecule has 1 aliphatic rings. The summed E-state index contributed by atoms with van der Waals surface area (Å²) in [5.41, 5.74) is 1.02. The number of carbonyl (C=O) groups excluding carboxylic acids is 2. The normalized spacial score (nSPS) is 15.6. The first-order valence-corrected chi connectivity index (χ1v) is 9.21.